The highest BCUT2D eigenvalue weighted by molar-refractivity contribution is 5.20. The van der Waals surface area contributed by atoms with Gasteiger partial charge in [0, 0.05) is 12.5 Å². The average molecular weight is 295 g/mol. The minimum atomic E-state index is -0.819. The van der Waals surface area contributed by atoms with Gasteiger partial charge in [-0.1, -0.05) is 11.2 Å². The molecule has 0 bridgehead atoms. The maximum absolute atomic E-state index is 13.3. The molecule has 2 aromatic rings. The van der Waals surface area contributed by atoms with E-state index < -0.39 is 11.6 Å². The summed E-state index contributed by atoms with van der Waals surface area (Å²) in [5, 5.41) is 3.74. The Morgan fingerprint density at radius 2 is 2.05 bits per heavy atom. The Kier molecular flexibility index (Phi) is 5.01. The number of aryl methyl sites for hydroxylation is 2. The SMILES string of the molecule is Cc1noc(CCCN(C)[C@@H](C)c2ccc(F)c(F)c2)n1. The zero-order valence-electron chi connectivity index (χ0n) is 12.4. The summed E-state index contributed by atoms with van der Waals surface area (Å²) in [6.07, 6.45) is 1.56. The second-order valence-corrected chi connectivity index (χ2v) is 5.17. The third-order valence-corrected chi connectivity index (χ3v) is 3.56. The van der Waals surface area contributed by atoms with Crippen LogP contribution in [0.15, 0.2) is 22.7 Å². The number of nitrogens with zero attached hydrogens (tertiary/aromatic N) is 3. The van der Waals surface area contributed by atoms with Crippen molar-refractivity contribution in [1.29, 1.82) is 0 Å². The number of benzene rings is 1. The minimum absolute atomic E-state index is 0.00419. The number of aromatic nitrogens is 2. The van der Waals surface area contributed by atoms with Crippen molar-refractivity contribution in [2.75, 3.05) is 13.6 Å². The zero-order valence-corrected chi connectivity index (χ0v) is 12.4. The molecule has 0 aliphatic heterocycles. The van der Waals surface area contributed by atoms with Gasteiger partial charge in [-0.15, -0.1) is 0 Å². The summed E-state index contributed by atoms with van der Waals surface area (Å²) in [5.74, 6) is -0.371. The molecule has 0 N–H and O–H groups in total. The van der Waals surface area contributed by atoms with Crippen LogP contribution in [0, 0.1) is 18.6 Å². The Bertz CT molecular complexity index is 600. The molecule has 0 aliphatic carbocycles. The van der Waals surface area contributed by atoms with Crippen molar-refractivity contribution in [3.63, 3.8) is 0 Å². The van der Waals surface area contributed by atoms with Crippen LogP contribution in [-0.4, -0.2) is 28.6 Å². The molecule has 1 aromatic heterocycles. The van der Waals surface area contributed by atoms with E-state index in [4.69, 9.17) is 4.52 Å². The average Bonchev–Trinajstić information content (AvgIpc) is 2.86. The van der Waals surface area contributed by atoms with E-state index in [1.165, 1.54) is 6.07 Å². The Morgan fingerprint density at radius 3 is 2.67 bits per heavy atom. The van der Waals surface area contributed by atoms with Gasteiger partial charge in [0.15, 0.2) is 17.5 Å². The Balaban J connectivity index is 1.87. The highest BCUT2D eigenvalue weighted by Crippen LogP contribution is 2.21. The third kappa shape index (κ3) is 4.07. The molecule has 0 fully saturated rings. The standard InChI is InChI=1S/C15H19F2N3O/c1-10(12-6-7-13(16)14(17)9-12)20(3)8-4-5-15-18-11(2)19-21-15/h6-7,9-10H,4-5,8H2,1-3H3/t10-/m0/s1. The highest BCUT2D eigenvalue weighted by atomic mass is 19.2. The molecule has 0 amide bonds. The van der Waals surface area contributed by atoms with E-state index in [2.05, 4.69) is 15.0 Å². The number of hydrogen-bond donors (Lipinski definition) is 0. The van der Waals surface area contributed by atoms with Crippen molar-refractivity contribution < 1.29 is 13.3 Å². The van der Waals surface area contributed by atoms with Crippen LogP contribution in [0.5, 0.6) is 0 Å². The summed E-state index contributed by atoms with van der Waals surface area (Å²) in [7, 11) is 1.95. The lowest BCUT2D eigenvalue weighted by molar-refractivity contribution is 0.253. The fourth-order valence-corrected chi connectivity index (χ4v) is 2.14. The van der Waals surface area contributed by atoms with Crippen LogP contribution in [0.4, 0.5) is 8.78 Å². The summed E-state index contributed by atoms with van der Waals surface area (Å²) < 4.78 is 31.3. The topological polar surface area (TPSA) is 42.2 Å². The van der Waals surface area contributed by atoms with E-state index in [9.17, 15) is 8.78 Å². The van der Waals surface area contributed by atoms with Gasteiger partial charge in [0.1, 0.15) is 0 Å². The number of halogens is 2. The second kappa shape index (κ2) is 6.76. The monoisotopic (exact) mass is 295 g/mol. The number of hydrogen-bond acceptors (Lipinski definition) is 4. The Morgan fingerprint density at radius 1 is 1.29 bits per heavy atom. The quantitative estimate of drug-likeness (QED) is 0.820. The molecular weight excluding hydrogens is 276 g/mol. The molecule has 1 aromatic carbocycles. The first-order chi connectivity index (χ1) is 9.97. The van der Waals surface area contributed by atoms with Crippen molar-refractivity contribution in [3.8, 4) is 0 Å². The largest absolute Gasteiger partial charge is 0.339 e. The molecule has 0 spiro atoms. The first kappa shape index (κ1) is 15.6. The van der Waals surface area contributed by atoms with Crippen LogP contribution in [0.3, 0.4) is 0 Å². The molecule has 0 aliphatic rings. The second-order valence-electron chi connectivity index (χ2n) is 5.17. The summed E-state index contributed by atoms with van der Waals surface area (Å²) in [6, 6.07) is 4.03. The lowest BCUT2D eigenvalue weighted by Crippen LogP contribution is -2.24. The smallest absolute Gasteiger partial charge is 0.226 e. The van der Waals surface area contributed by atoms with Crippen molar-refractivity contribution in [3.05, 3.63) is 47.1 Å². The maximum Gasteiger partial charge on any atom is 0.226 e. The lowest BCUT2D eigenvalue weighted by atomic mass is 10.1. The van der Waals surface area contributed by atoms with Gasteiger partial charge in [-0.25, -0.2) is 8.78 Å². The van der Waals surface area contributed by atoms with Gasteiger partial charge >= 0.3 is 0 Å². The molecule has 0 saturated heterocycles. The van der Waals surface area contributed by atoms with E-state index >= 15 is 0 Å². The molecule has 1 heterocycles. The third-order valence-electron chi connectivity index (χ3n) is 3.56. The van der Waals surface area contributed by atoms with E-state index in [0.717, 1.165) is 24.6 Å². The molecule has 114 valence electrons. The summed E-state index contributed by atoms with van der Waals surface area (Å²) in [4.78, 5) is 6.22. The van der Waals surface area contributed by atoms with Crippen molar-refractivity contribution in [2.45, 2.75) is 32.7 Å². The predicted molar refractivity (Wildman–Crippen MR) is 74.8 cm³/mol. The minimum Gasteiger partial charge on any atom is -0.339 e. The van der Waals surface area contributed by atoms with Crippen LogP contribution in [-0.2, 0) is 6.42 Å². The van der Waals surface area contributed by atoms with E-state index in [1.807, 2.05) is 14.0 Å². The van der Waals surface area contributed by atoms with Gasteiger partial charge in [-0.3, -0.25) is 4.90 Å². The summed E-state index contributed by atoms with van der Waals surface area (Å²) in [6.45, 7) is 4.54. The van der Waals surface area contributed by atoms with Crippen molar-refractivity contribution >= 4 is 0 Å². The molecule has 2 rings (SSSR count). The predicted octanol–water partition coefficient (Wildman–Crippen LogP) is 3.28. The number of rotatable bonds is 6. The van der Waals surface area contributed by atoms with Crippen LogP contribution >= 0.6 is 0 Å². The van der Waals surface area contributed by atoms with Gasteiger partial charge < -0.3 is 4.52 Å². The molecule has 6 heteroatoms. The van der Waals surface area contributed by atoms with E-state index in [-0.39, 0.29) is 6.04 Å². The Labute approximate surface area is 122 Å². The molecule has 0 radical (unpaired) electrons. The van der Waals surface area contributed by atoms with Gasteiger partial charge in [0.2, 0.25) is 5.89 Å². The first-order valence-corrected chi connectivity index (χ1v) is 6.91. The molecule has 4 nitrogen and oxygen atoms in total. The van der Waals surface area contributed by atoms with Crippen LogP contribution in [0.2, 0.25) is 0 Å². The van der Waals surface area contributed by atoms with Gasteiger partial charge in [-0.05, 0) is 51.6 Å². The normalized spacial score (nSPS) is 12.9. The maximum atomic E-state index is 13.3. The molecule has 0 unspecified atom stereocenters. The van der Waals surface area contributed by atoms with Crippen LogP contribution in [0.1, 0.15) is 36.7 Å². The summed E-state index contributed by atoms with van der Waals surface area (Å²) >= 11 is 0. The lowest BCUT2D eigenvalue weighted by Gasteiger charge is -2.24. The van der Waals surface area contributed by atoms with Gasteiger partial charge in [-0.2, -0.15) is 4.98 Å². The summed E-state index contributed by atoms with van der Waals surface area (Å²) in [5.41, 5.74) is 0.755. The van der Waals surface area contributed by atoms with Crippen LogP contribution in [0.25, 0.3) is 0 Å². The van der Waals surface area contributed by atoms with E-state index in [1.54, 1.807) is 13.0 Å². The van der Waals surface area contributed by atoms with Gasteiger partial charge in [0.25, 0.3) is 0 Å². The highest BCUT2D eigenvalue weighted by Gasteiger charge is 2.14. The first-order valence-electron chi connectivity index (χ1n) is 6.91. The van der Waals surface area contributed by atoms with E-state index in [0.29, 0.717) is 18.1 Å². The fourth-order valence-electron chi connectivity index (χ4n) is 2.14. The molecule has 1 atom stereocenters. The molecular formula is C15H19F2N3O. The van der Waals surface area contributed by atoms with Crippen LogP contribution < -0.4 is 0 Å². The Hall–Kier alpha value is -1.82. The van der Waals surface area contributed by atoms with Crippen molar-refractivity contribution in [1.82, 2.24) is 15.0 Å². The molecule has 21 heavy (non-hydrogen) atoms. The zero-order chi connectivity index (χ0) is 15.4. The van der Waals surface area contributed by atoms with Gasteiger partial charge in [0.05, 0.1) is 0 Å². The molecule has 0 saturated carbocycles. The fraction of sp³-hybridized carbons (Fsp3) is 0.467. The van der Waals surface area contributed by atoms with Crippen molar-refractivity contribution in [2.24, 2.45) is 0 Å².